The van der Waals surface area contributed by atoms with Crippen molar-refractivity contribution in [2.24, 2.45) is 7.05 Å². The molecule has 22 heavy (non-hydrogen) atoms. The van der Waals surface area contributed by atoms with Crippen LogP contribution in [0.25, 0.3) is 11.0 Å². The summed E-state index contributed by atoms with van der Waals surface area (Å²) in [5, 5.41) is 12.1. The molecule has 0 spiro atoms. The molecule has 7 heteroatoms. The topological polar surface area (TPSA) is 73.5 Å². The summed E-state index contributed by atoms with van der Waals surface area (Å²) in [6.45, 7) is 6.97. The molecule has 0 atom stereocenters. The maximum atomic E-state index is 4.70. The minimum Gasteiger partial charge on any atom is -0.336 e. The molecule has 116 valence electrons. The van der Waals surface area contributed by atoms with Crippen molar-refractivity contribution in [2.75, 3.05) is 5.32 Å². The molecule has 7 nitrogen and oxygen atoms in total. The Morgan fingerprint density at radius 2 is 2.05 bits per heavy atom. The highest BCUT2D eigenvalue weighted by Crippen LogP contribution is 2.26. The van der Waals surface area contributed by atoms with Crippen molar-refractivity contribution in [3.05, 3.63) is 23.9 Å². The Labute approximate surface area is 129 Å². The van der Waals surface area contributed by atoms with Crippen LogP contribution in [-0.4, -0.2) is 29.5 Å². The van der Waals surface area contributed by atoms with E-state index in [4.69, 9.17) is 4.98 Å². The van der Waals surface area contributed by atoms with Crippen molar-refractivity contribution in [1.82, 2.24) is 29.5 Å². The van der Waals surface area contributed by atoms with Gasteiger partial charge >= 0.3 is 0 Å². The summed E-state index contributed by atoms with van der Waals surface area (Å²) in [4.78, 5) is 9.38. The number of hydrogen-bond acceptors (Lipinski definition) is 5. The second kappa shape index (κ2) is 5.75. The third kappa shape index (κ3) is 2.54. The zero-order valence-electron chi connectivity index (χ0n) is 13.5. The summed E-state index contributed by atoms with van der Waals surface area (Å²) in [7, 11) is 1.89. The fourth-order valence-corrected chi connectivity index (χ4v) is 2.55. The van der Waals surface area contributed by atoms with Crippen molar-refractivity contribution in [1.29, 1.82) is 0 Å². The number of nitrogens with one attached hydrogen (secondary N) is 1. The SMILES string of the molecule is CCCc1nc(Nc2cnn(C)c2)c2c(n1)c(C)nn2CC. The fraction of sp³-hybridized carbons (Fsp3) is 0.467. The Hall–Kier alpha value is -2.44. The third-order valence-electron chi connectivity index (χ3n) is 3.54. The lowest BCUT2D eigenvalue weighted by Gasteiger charge is -2.09. The van der Waals surface area contributed by atoms with Gasteiger partial charge in [-0.25, -0.2) is 9.97 Å². The van der Waals surface area contributed by atoms with Crippen LogP contribution in [0.3, 0.4) is 0 Å². The van der Waals surface area contributed by atoms with E-state index in [9.17, 15) is 0 Å². The van der Waals surface area contributed by atoms with Gasteiger partial charge < -0.3 is 5.32 Å². The van der Waals surface area contributed by atoms with Gasteiger partial charge in [-0.05, 0) is 20.3 Å². The molecular weight excluding hydrogens is 278 g/mol. The third-order valence-corrected chi connectivity index (χ3v) is 3.54. The van der Waals surface area contributed by atoms with Crippen LogP contribution in [0.1, 0.15) is 31.8 Å². The number of nitrogens with zero attached hydrogens (tertiary/aromatic N) is 6. The Kier molecular flexibility index (Phi) is 3.79. The highest BCUT2D eigenvalue weighted by atomic mass is 15.3. The molecule has 0 bridgehead atoms. The highest BCUT2D eigenvalue weighted by molar-refractivity contribution is 5.89. The van der Waals surface area contributed by atoms with Crippen molar-refractivity contribution >= 4 is 22.5 Å². The van der Waals surface area contributed by atoms with Crippen molar-refractivity contribution in [3.8, 4) is 0 Å². The van der Waals surface area contributed by atoms with Gasteiger partial charge in [0.25, 0.3) is 0 Å². The van der Waals surface area contributed by atoms with E-state index in [0.717, 1.165) is 53.4 Å². The molecule has 3 rings (SSSR count). The van der Waals surface area contributed by atoms with E-state index in [2.05, 4.69) is 34.3 Å². The molecule has 0 aliphatic carbocycles. The molecule has 0 aliphatic heterocycles. The van der Waals surface area contributed by atoms with E-state index in [1.54, 1.807) is 10.9 Å². The van der Waals surface area contributed by atoms with E-state index in [1.807, 2.05) is 24.9 Å². The summed E-state index contributed by atoms with van der Waals surface area (Å²) >= 11 is 0. The largest absolute Gasteiger partial charge is 0.336 e. The van der Waals surface area contributed by atoms with E-state index in [0.29, 0.717) is 0 Å². The quantitative estimate of drug-likeness (QED) is 0.784. The average molecular weight is 299 g/mol. The lowest BCUT2D eigenvalue weighted by atomic mass is 10.3. The van der Waals surface area contributed by atoms with Crippen molar-refractivity contribution < 1.29 is 0 Å². The van der Waals surface area contributed by atoms with E-state index < -0.39 is 0 Å². The average Bonchev–Trinajstić information content (AvgIpc) is 3.03. The van der Waals surface area contributed by atoms with Gasteiger partial charge in [-0.15, -0.1) is 0 Å². The van der Waals surface area contributed by atoms with Crippen LogP contribution in [0.15, 0.2) is 12.4 Å². The monoisotopic (exact) mass is 299 g/mol. The van der Waals surface area contributed by atoms with Gasteiger partial charge in [-0.2, -0.15) is 10.2 Å². The van der Waals surface area contributed by atoms with Crippen LogP contribution in [0, 0.1) is 6.92 Å². The zero-order valence-corrected chi connectivity index (χ0v) is 13.5. The molecule has 0 saturated heterocycles. The van der Waals surface area contributed by atoms with Gasteiger partial charge in [-0.1, -0.05) is 6.92 Å². The van der Waals surface area contributed by atoms with Crippen LogP contribution in [0.2, 0.25) is 0 Å². The van der Waals surface area contributed by atoms with Crippen LogP contribution in [-0.2, 0) is 20.0 Å². The first-order valence-electron chi connectivity index (χ1n) is 7.62. The molecule has 0 aromatic carbocycles. The fourth-order valence-electron chi connectivity index (χ4n) is 2.55. The highest BCUT2D eigenvalue weighted by Gasteiger charge is 2.16. The zero-order chi connectivity index (χ0) is 15.7. The number of anilines is 2. The Balaban J connectivity index is 2.15. The van der Waals surface area contributed by atoms with Crippen LogP contribution >= 0.6 is 0 Å². The molecule has 0 fully saturated rings. The van der Waals surface area contributed by atoms with E-state index >= 15 is 0 Å². The number of aromatic nitrogens is 6. The second-order valence-electron chi connectivity index (χ2n) is 5.36. The van der Waals surface area contributed by atoms with Crippen LogP contribution < -0.4 is 5.32 Å². The Bertz CT molecular complexity index is 800. The molecule has 0 radical (unpaired) electrons. The minimum absolute atomic E-state index is 0.780. The molecule has 0 saturated carbocycles. The predicted octanol–water partition coefficient (Wildman–Crippen LogP) is 2.58. The van der Waals surface area contributed by atoms with E-state index in [1.165, 1.54) is 0 Å². The summed E-state index contributed by atoms with van der Waals surface area (Å²) in [6, 6.07) is 0. The van der Waals surface area contributed by atoms with Gasteiger partial charge in [-0.3, -0.25) is 9.36 Å². The van der Waals surface area contributed by atoms with Gasteiger partial charge in [0.1, 0.15) is 16.9 Å². The second-order valence-corrected chi connectivity index (χ2v) is 5.36. The summed E-state index contributed by atoms with van der Waals surface area (Å²) in [6.07, 6.45) is 5.58. The first-order valence-corrected chi connectivity index (χ1v) is 7.62. The molecule has 0 amide bonds. The van der Waals surface area contributed by atoms with Crippen molar-refractivity contribution in [3.63, 3.8) is 0 Å². The van der Waals surface area contributed by atoms with Gasteiger partial charge in [0, 0.05) is 26.2 Å². The number of hydrogen-bond donors (Lipinski definition) is 1. The lowest BCUT2D eigenvalue weighted by Crippen LogP contribution is -2.04. The molecule has 1 N–H and O–H groups in total. The maximum Gasteiger partial charge on any atom is 0.160 e. The lowest BCUT2D eigenvalue weighted by molar-refractivity contribution is 0.676. The van der Waals surface area contributed by atoms with Crippen molar-refractivity contribution in [2.45, 2.75) is 40.2 Å². The molecule has 0 unspecified atom stereocenters. The van der Waals surface area contributed by atoms with Gasteiger partial charge in [0.05, 0.1) is 17.6 Å². The molecule has 3 aromatic heterocycles. The number of fused-ring (bicyclic) bond motifs is 1. The Morgan fingerprint density at radius 3 is 2.68 bits per heavy atom. The summed E-state index contributed by atoms with van der Waals surface area (Å²) in [5.41, 5.74) is 3.72. The minimum atomic E-state index is 0.780. The predicted molar refractivity (Wildman–Crippen MR) is 86.2 cm³/mol. The smallest absolute Gasteiger partial charge is 0.160 e. The standard InChI is InChI=1S/C15H21N7/c1-5-7-12-18-13-10(3)20-22(6-2)14(13)15(19-12)17-11-8-16-21(4)9-11/h8-9H,5-7H2,1-4H3,(H,17,18,19). The molecule has 3 aromatic rings. The first-order chi connectivity index (χ1) is 10.6. The Morgan fingerprint density at radius 1 is 1.23 bits per heavy atom. The normalized spacial score (nSPS) is 11.3. The van der Waals surface area contributed by atoms with Crippen LogP contribution in [0.4, 0.5) is 11.5 Å². The molecule has 0 aliphatic rings. The maximum absolute atomic E-state index is 4.70. The van der Waals surface area contributed by atoms with Crippen LogP contribution in [0.5, 0.6) is 0 Å². The van der Waals surface area contributed by atoms with Gasteiger partial charge in [0.15, 0.2) is 5.82 Å². The van der Waals surface area contributed by atoms with E-state index in [-0.39, 0.29) is 0 Å². The molecule has 3 heterocycles. The number of aryl methyl sites for hydroxylation is 4. The number of rotatable bonds is 5. The summed E-state index contributed by atoms with van der Waals surface area (Å²) < 4.78 is 3.70. The summed E-state index contributed by atoms with van der Waals surface area (Å²) in [5.74, 6) is 1.64. The first kappa shape index (κ1) is 14.5. The molecular formula is C15H21N7. The van der Waals surface area contributed by atoms with Gasteiger partial charge in [0.2, 0.25) is 0 Å².